The molecule has 9 nitrogen and oxygen atoms in total. The second-order valence-corrected chi connectivity index (χ2v) is 11.3. The van der Waals surface area contributed by atoms with Gasteiger partial charge in [0.15, 0.2) is 0 Å². The molecule has 0 spiro atoms. The lowest BCUT2D eigenvalue weighted by atomic mass is 9.95. The third kappa shape index (κ3) is 4.90. The molecule has 1 saturated heterocycles. The van der Waals surface area contributed by atoms with Crippen LogP contribution in [0.2, 0.25) is 0 Å². The fourth-order valence-electron chi connectivity index (χ4n) is 6.59. The minimum atomic E-state index is -0.887. The number of rotatable bonds is 6. The Balaban J connectivity index is 1.31. The van der Waals surface area contributed by atoms with Gasteiger partial charge in [-0.25, -0.2) is 14.8 Å². The summed E-state index contributed by atoms with van der Waals surface area (Å²) in [6, 6.07) is 17.0. The third-order valence-corrected chi connectivity index (χ3v) is 8.70. The average Bonchev–Trinajstić information content (AvgIpc) is 3.63. The van der Waals surface area contributed by atoms with Crippen LogP contribution in [0.3, 0.4) is 0 Å². The zero-order valence-electron chi connectivity index (χ0n) is 23.0. The number of imidazole rings is 1. The number of ether oxygens (including phenoxy) is 1. The third-order valence-electron chi connectivity index (χ3n) is 8.70. The monoisotopic (exact) mass is 550 g/mol. The summed E-state index contributed by atoms with van der Waals surface area (Å²) in [5, 5.41) is 9.72. The maximum atomic E-state index is 11.8. The van der Waals surface area contributed by atoms with E-state index in [9.17, 15) is 9.90 Å². The van der Waals surface area contributed by atoms with E-state index in [1.54, 1.807) is 6.33 Å². The lowest BCUT2D eigenvalue weighted by molar-refractivity contribution is 0.122. The first-order valence-corrected chi connectivity index (χ1v) is 14.6. The van der Waals surface area contributed by atoms with Crippen LogP contribution in [0.5, 0.6) is 5.88 Å². The molecule has 2 aliphatic rings. The zero-order valence-corrected chi connectivity index (χ0v) is 23.0. The fourth-order valence-corrected chi connectivity index (χ4v) is 6.59. The molecular formula is C32H34N6O3. The molecule has 0 bridgehead atoms. The van der Waals surface area contributed by atoms with Gasteiger partial charge in [0.1, 0.15) is 24.0 Å². The smallest absolute Gasteiger partial charge is 0.407 e. The Morgan fingerprint density at radius 1 is 0.927 bits per heavy atom. The van der Waals surface area contributed by atoms with Crippen LogP contribution in [-0.2, 0) is 6.61 Å². The minimum Gasteiger partial charge on any atom is -0.471 e. The Morgan fingerprint density at radius 2 is 1.76 bits per heavy atom. The molecule has 4 heterocycles. The number of hydrogen-bond donors (Lipinski definition) is 1. The van der Waals surface area contributed by atoms with Gasteiger partial charge in [0.2, 0.25) is 5.88 Å². The van der Waals surface area contributed by atoms with Gasteiger partial charge >= 0.3 is 6.09 Å². The number of carboxylic acid groups (broad SMARTS) is 1. The van der Waals surface area contributed by atoms with Crippen molar-refractivity contribution in [3.05, 3.63) is 72.9 Å². The SMILES string of the molecule is O=C(O)N1CCCC(n2cc(-c3ccc4c(c3)ncn4C3CCCCC3)c3ncnc(OCc4ccccc4)c32)C1. The highest BCUT2D eigenvalue weighted by molar-refractivity contribution is 5.97. The number of piperidine rings is 1. The van der Waals surface area contributed by atoms with E-state index in [0.717, 1.165) is 51.6 Å². The van der Waals surface area contributed by atoms with Gasteiger partial charge < -0.3 is 23.9 Å². The summed E-state index contributed by atoms with van der Waals surface area (Å²) in [6.07, 6.45) is 12.7. The van der Waals surface area contributed by atoms with E-state index in [-0.39, 0.29) is 6.04 Å². The number of benzene rings is 2. The molecule has 2 fully saturated rings. The van der Waals surface area contributed by atoms with Crippen molar-refractivity contribution in [2.45, 2.75) is 63.6 Å². The number of amides is 1. The van der Waals surface area contributed by atoms with Crippen molar-refractivity contribution in [3.8, 4) is 17.0 Å². The van der Waals surface area contributed by atoms with E-state index in [2.05, 4.69) is 38.5 Å². The predicted molar refractivity (Wildman–Crippen MR) is 157 cm³/mol. The van der Waals surface area contributed by atoms with E-state index < -0.39 is 6.09 Å². The van der Waals surface area contributed by atoms with Crippen molar-refractivity contribution >= 4 is 28.2 Å². The van der Waals surface area contributed by atoms with Gasteiger partial charge in [-0.3, -0.25) is 0 Å². The summed E-state index contributed by atoms with van der Waals surface area (Å²) in [5.41, 5.74) is 6.76. The summed E-state index contributed by atoms with van der Waals surface area (Å²) in [5.74, 6) is 0.500. The quantitative estimate of drug-likeness (QED) is 0.248. The standard InChI is InChI=1S/C32H34N6O3/c39-32(40)36-15-7-12-25(17-36)37-18-26(29-30(37)31(34-20-33-29)41-19-22-8-3-1-4-9-22)23-13-14-28-27(16-23)35-21-38(28)24-10-5-2-6-11-24/h1,3-4,8-9,13-14,16,18,20-21,24-25H,2,5-7,10-12,15,17,19H2,(H,39,40). The van der Waals surface area contributed by atoms with Crippen molar-refractivity contribution in [2.24, 2.45) is 0 Å². The van der Waals surface area contributed by atoms with Crippen molar-refractivity contribution in [1.82, 2.24) is 29.0 Å². The normalized spacial score (nSPS) is 18.2. The summed E-state index contributed by atoms with van der Waals surface area (Å²) < 4.78 is 10.8. The molecule has 210 valence electrons. The van der Waals surface area contributed by atoms with Gasteiger partial charge in [0, 0.05) is 30.9 Å². The number of hydrogen-bond acceptors (Lipinski definition) is 5. The van der Waals surface area contributed by atoms with Gasteiger partial charge in [-0.1, -0.05) is 55.7 Å². The summed E-state index contributed by atoms with van der Waals surface area (Å²) in [4.78, 5) is 27.4. The number of likely N-dealkylation sites (tertiary alicyclic amines) is 1. The molecule has 41 heavy (non-hydrogen) atoms. The lowest BCUT2D eigenvalue weighted by Crippen LogP contribution is -2.39. The molecule has 1 aliphatic carbocycles. The van der Waals surface area contributed by atoms with E-state index in [0.29, 0.717) is 31.6 Å². The van der Waals surface area contributed by atoms with Gasteiger partial charge in [-0.2, -0.15) is 4.98 Å². The molecule has 5 aromatic rings. The van der Waals surface area contributed by atoms with E-state index >= 15 is 0 Å². The Labute approximate surface area is 238 Å². The van der Waals surface area contributed by atoms with E-state index in [4.69, 9.17) is 14.7 Å². The van der Waals surface area contributed by atoms with Gasteiger partial charge in [-0.05, 0) is 48.9 Å². The molecule has 1 aliphatic heterocycles. The number of carbonyl (C=O) groups is 1. The minimum absolute atomic E-state index is 0.0459. The van der Waals surface area contributed by atoms with Gasteiger partial charge in [-0.15, -0.1) is 0 Å². The van der Waals surface area contributed by atoms with Crippen LogP contribution in [0.4, 0.5) is 4.79 Å². The summed E-state index contributed by atoms with van der Waals surface area (Å²) in [6.45, 7) is 1.34. The molecule has 1 saturated carbocycles. The van der Waals surface area contributed by atoms with Crippen LogP contribution >= 0.6 is 0 Å². The first-order chi connectivity index (χ1) is 20.2. The topological polar surface area (TPSA) is 98.3 Å². The number of fused-ring (bicyclic) bond motifs is 2. The van der Waals surface area contributed by atoms with Gasteiger partial charge in [0.05, 0.1) is 23.4 Å². The first kappa shape index (κ1) is 25.6. The van der Waals surface area contributed by atoms with Crippen LogP contribution in [0.1, 0.15) is 62.6 Å². The Morgan fingerprint density at radius 3 is 2.59 bits per heavy atom. The molecule has 9 heteroatoms. The molecule has 3 aromatic heterocycles. The molecule has 1 N–H and O–H groups in total. The highest BCUT2D eigenvalue weighted by atomic mass is 16.5. The number of nitrogens with zero attached hydrogens (tertiary/aromatic N) is 6. The zero-order chi connectivity index (χ0) is 27.8. The predicted octanol–water partition coefficient (Wildman–Crippen LogP) is 6.85. The molecule has 1 amide bonds. The molecule has 1 unspecified atom stereocenters. The maximum absolute atomic E-state index is 11.8. The summed E-state index contributed by atoms with van der Waals surface area (Å²) >= 11 is 0. The first-order valence-electron chi connectivity index (χ1n) is 14.6. The van der Waals surface area contributed by atoms with Crippen LogP contribution in [-0.4, -0.2) is 53.3 Å². The van der Waals surface area contributed by atoms with Crippen molar-refractivity contribution in [2.75, 3.05) is 13.1 Å². The van der Waals surface area contributed by atoms with Crippen molar-refractivity contribution in [1.29, 1.82) is 0 Å². The average molecular weight is 551 g/mol. The number of aromatic nitrogens is 5. The Bertz CT molecular complexity index is 1690. The van der Waals surface area contributed by atoms with Crippen LogP contribution in [0.25, 0.3) is 33.2 Å². The molecule has 7 rings (SSSR count). The second-order valence-electron chi connectivity index (χ2n) is 11.3. The highest BCUT2D eigenvalue weighted by Gasteiger charge is 2.28. The second kappa shape index (κ2) is 10.9. The fraction of sp³-hybridized carbons (Fsp3) is 0.375. The van der Waals surface area contributed by atoms with Crippen molar-refractivity contribution < 1.29 is 14.6 Å². The van der Waals surface area contributed by atoms with Crippen LogP contribution < -0.4 is 4.74 Å². The van der Waals surface area contributed by atoms with E-state index in [1.165, 1.54) is 37.0 Å². The van der Waals surface area contributed by atoms with Crippen LogP contribution in [0, 0.1) is 0 Å². The molecule has 0 radical (unpaired) electrons. The largest absolute Gasteiger partial charge is 0.471 e. The van der Waals surface area contributed by atoms with E-state index in [1.807, 2.05) is 36.7 Å². The van der Waals surface area contributed by atoms with Crippen LogP contribution in [0.15, 0.2) is 67.4 Å². The van der Waals surface area contributed by atoms with Crippen molar-refractivity contribution in [3.63, 3.8) is 0 Å². The Kier molecular flexibility index (Phi) is 6.78. The Hall–Kier alpha value is -4.40. The summed E-state index contributed by atoms with van der Waals surface area (Å²) in [7, 11) is 0. The highest BCUT2D eigenvalue weighted by Crippen LogP contribution is 2.39. The lowest BCUT2D eigenvalue weighted by Gasteiger charge is -2.32. The molecular weight excluding hydrogens is 516 g/mol. The molecule has 1 atom stereocenters. The molecule has 2 aromatic carbocycles. The maximum Gasteiger partial charge on any atom is 0.407 e. The van der Waals surface area contributed by atoms with Gasteiger partial charge in [0.25, 0.3) is 0 Å².